The van der Waals surface area contributed by atoms with E-state index < -0.39 is 0 Å². The van der Waals surface area contributed by atoms with Crippen LogP contribution in [0, 0.1) is 5.92 Å². The van der Waals surface area contributed by atoms with Gasteiger partial charge in [-0.05, 0) is 26.3 Å². The van der Waals surface area contributed by atoms with Gasteiger partial charge in [-0.15, -0.1) is 0 Å². The summed E-state index contributed by atoms with van der Waals surface area (Å²) < 4.78 is 0. The lowest BCUT2D eigenvalue weighted by Crippen LogP contribution is -2.47. The van der Waals surface area contributed by atoms with Gasteiger partial charge in [0.25, 0.3) is 0 Å². The van der Waals surface area contributed by atoms with Crippen LogP contribution in [0.2, 0.25) is 0 Å². The van der Waals surface area contributed by atoms with Crippen LogP contribution >= 0.6 is 0 Å². The van der Waals surface area contributed by atoms with Gasteiger partial charge < -0.3 is 10.2 Å². The van der Waals surface area contributed by atoms with Gasteiger partial charge in [-0.1, -0.05) is 6.92 Å². The SMILES string of the molecule is CNCC(C)N1CCC(C)CC1=O. The molecule has 1 amide bonds. The fourth-order valence-corrected chi connectivity index (χ4v) is 1.87. The molecule has 1 saturated heterocycles. The number of amides is 1. The van der Waals surface area contributed by atoms with Crippen molar-refractivity contribution in [1.82, 2.24) is 10.2 Å². The molecule has 1 aliphatic heterocycles. The number of likely N-dealkylation sites (N-methyl/N-ethyl adjacent to an activating group) is 1. The van der Waals surface area contributed by atoms with Crippen molar-refractivity contribution in [2.24, 2.45) is 5.92 Å². The molecule has 1 N–H and O–H groups in total. The second-order valence-electron chi connectivity index (χ2n) is 4.09. The summed E-state index contributed by atoms with van der Waals surface area (Å²) in [5, 5.41) is 3.10. The van der Waals surface area contributed by atoms with Crippen LogP contribution in [0.25, 0.3) is 0 Å². The Kier molecular flexibility index (Phi) is 3.72. The number of hydrogen-bond acceptors (Lipinski definition) is 2. The van der Waals surface area contributed by atoms with E-state index in [4.69, 9.17) is 0 Å². The lowest BCUT2D eigenvalue weighted by Gasteiger charge is -2.34. The maximum atomic E-state index is 11.6. The van der Waals surface area contributed by atoms with Crippen molar-refractivity contribution in [3.8, 4) is 0 Å². The van der Waals surface area contributed by atoms with Crippen LogP contribution in [0.3, 0.4) is 0 Å². The second-order valence-corrected chi connectivity index (χ2v) is 4.09. The molecule has 2 unspecified atom stereocenters. The number of likely N-dealkylation sites (tertiary alicyclic amines) is 1. The highest BCUT2D eigenvalue weighted by molar-refractivity contribution is 5.77. The van der Waals surface area contributed by atoms with Crippen molar-refractivity contribution in [1.29, 1.82) is 0 Å². The van der Waals surface area contributed by atoms with E-state index in [-0.39, 0.29) is 0 Å². The molecule has 0 saturated carbocycles. The van der Waals surface area contributed by atoms with Crippen molar-refractivity contribution in [2.45, 2.75) is 32.7 Å². The summed E-state index contributed by atoms with van der Waals surface area (Å²) >= 11 is 0. The van der Waals surface area contributed by atoms with E-state index in [1.807, 2.05) is 11.9 Å². The molecule has 1 aliphatic rings. The molecule has 2 atom stereocenters. The summed E-state index contributed by atoms with van der Waals surface area (Å²) in [6, 6.07) is 0.338. The van der Waals surface area contributed by atoms with Gasteiger partial charge in [-0.2, -0.15) is 0 Å². The third-order valence-electron chi connectivity index (χ3n) is 2.74. The van der Waals surface area contributed by atoms with E-state index in [2.05, 4.69) is 19.2 Å². The topological polar surface area (TPSA) is 32.3 Å². The summed E-state index contributed by atoms with van der Waals surface area (Å²) in [5.74, 6) is 0.895. The van der Waals surface area contributed by atoms with Crippen LogP contribution in [0.1, 0.15) is 26.7 Å². The van der Waals surface area contributed by atoms with Gasteiger partial charge in [0.1, 0.15) is 0 Å². The molecule has 0 aromatic rings. The molecule has 1 heterocycles. The average Bonchev–Trinajstić information content (AvgIpc) is 2.04. The predicted octanol–water partition coefficient (Wildman–Crippen LogP) is 0.853. The van der Waals surface area contributed by atoms with E-state index in [0.717, 1.165) is 25.9 Å². The summed E-state index contributed by atoms with van der Waals surface area (Å²) in [5.41, 5.74) is 0. The number of hydrogen-bond donors (Lipinski definition) is 1. The summed E-state index contributed by atoms with van der Waals surface area (Å²) in [6.07, 6.45) is 1.88. The van der Waals surface area contributed by atoms with Gasteiger partial charge >= 0.3 is 0 Å². The number of piperidine rings is 1. The molecule has 0 aromatic carbocycles. The molecular formula is C10H20N2O. The number of nitrogens with one attached hydrogen (secondary N) is 1. The highest BCUT2D eigenvalue weighted by atomic mass is 16.2. The molecule has 3 nitrogen and oxygen atoms in total. The van der Waals surface area contributed by atoms with Crippen LogP contribution < -0.4 is 5.32 Å². The van der Waals surface area contributed by atoms with Gasteiger partial charge in [0, 0.05) is 25.6 Å². The average molecular weight is 184 g/mol. The van der Waals surface area contributed by atoms with E-state index in [1.165, 1.54) is 0 Å². The third kappa shape index (κ3) is 2.69. The normalized spacial score (nSPS) is 26.2. The lowest BCUT2D eigenvalue weighted by atomic mass is 9.97. The fourth-order valence-electron chi connectivity index (χ4n) is 1.87. The Morgan fingerprint density at radius 3 is 2.92 bits per heavy atom. The van der Waals surface area contributed by atoms with Gasteiger partial charge in [-0.3, -0.25) is 4.79 Å². The number of nitrogens with zero attached hydrogens (tertiary/aromatic N) is 1. The smallest absolute Gasteiger partial charge is 0.223 e. The molecule has 0 spiro atoms. The number of carbonyl (C=O) groups is 1. The first-order chi connectivity index (χ1) is 6.15. The van der Waals surface area contributed by atoms with E-state index in [9.17, 15) is 4.79 Å². The molecule has 0 radical (unpaired) electrons. The molecule has 1 rings (SSSR count). The van der Waals surface area contributed by atoms with Crippen LogP contribution in [-0.2, 0) is 4.79 Å². The first-order valence-corrected chi connectivity index (χ1v) is 5.09. The molecular weight excluding hydrogens is 164 g/mol. The van der Waals surface area contributed by atoms with Gasteiger partial charge in [0.2, 0.25) is 5.91 Å². The summed E-state index contributed by atoms with van der Waals surface area (Å²) in [6.45, 7) is 6.07. The molecule has 13 heavy (non-hydrogen) atoms. The van der Waals surface area contributed by atoms with E-state index >= 15 is 0 Å². The zero-order chi connectivity index (χ0) is 9.84. The standard InChI is InChI=1S/C10H20N2O/c1-8-4-5-12(10(13)6-8)9(2)7-11-3/h8-9,11H,4-7H2,1-3H3. The Balaban J connectivity index is 2.45. The van der Waals surface area contributed by atoms with Gasteiger partial charge in [-0.25, -0.2) is 0 Å². The predicted molar refractivity (Wildman–Crippen MR) is 53.5 cm³/mol. The molecule has 76 valence electrons. The Hall–Kier alpha value is -0.570. The van der Waals surface area contributed by atoms with E-state index in [1.54, 1.807) is 0 Å². The quantitative estimate of drug-likeness (QED) is 0.705. The first-order valence-electron chi connectivity index (χ1n) is 5.09. The Morgan fingerprint density at radius 2 is 2.38 bits per heavy atom. The molecule has 1 fully saturated rings. The number of rotatable bonds is 3. The zero-order valence-electron chi connectivity index (χ0n) is 8.84. The Morgan fingerprint density at radius 1 is 1.69 bits per heavy atom. The van der Waals surface area contributed by atoms with Gasteiger partial charge in [0.15, 0.2) is 0 Å². The van der Waals surface area contributed by atoms with Crippen molar-refractivity contribution < 1.29 is 4.79 Å². The van der Waals surface area contributed by atoms with Crippen molar-refractivity contribution in [3.05, 3.63) is 0 Å². The minimum absolute atomic E-state index is 0.321. The third-order valence-corrected chi connectivity index (χ3v) is 2.74. The van der Waals surface area contributed by atoms with Crippen LogP contribution in [0.4, 0.5) is 0 Å². The highest BCUT2D eigenvalue weighted by Gasteiger charge is 2.25. The second kappa shape index (κ2) is 4.61. The van der Waals surface area contributed by atoms with Gasteiger partial charge in [0.05, 0.1) is 0 Å². The number of carbonyl (C=O) groups excluding carboxylic acids is 1. The molecule has 0 aromatic heterocycles. The van der Waals surface area contributed by atoms with Crippen molar-refractivity contribution >= 4 is 5.91 Å². The molecule has 0 bridgehead atoms. The summed E-state index contributed by atoms with van der Waals surface area (Å²) in [7, 11) is 1.92. The minimum atomic E-state index is 0.321. The monoisotopic (exact) mass is 184 g/mol. The minimum Gasteiger partial charge on any atom is -0.339 e. The van der Waals surface area contributed by atoms with Crippen molar-refractivity contribution in [2.75, 3.05) is 20.1 Å². The first kappa shape index (κ1) is 10.5. The highest BCUT2D eigenvalue weighted by Crippen LogP contribution is 2.18. The Labute approximate surface area is 80.5 Å². The fraction of sp³-hybridized carbons (Fsp3) is 0.900. The Bertz CT molecular complexity index is 182. The maximum absolute atomic E-state index is 11.6. The molecule has 0 aliphatic carbocycles. The maximum Gasteiger partial charge on any atom is 0.223 e. The molecule has 3 heteroatoms. The van der Waals surface area contributed by atoms with Crippen LogP contribution in [0.5, 0.6) is 0 Å². The van der Waals surface area contributed by atoms with Crippen LogP contribution in [-0.4, -0.2) is 37.0 Å². The lowest BCUT2D eigenvalue weighted by molar-refractivity contribution is -0.136. The largest absolute Gasteiger partial charge is 0.339 e. The van der Waals surface area contributed by atoms with Crippen LogP contribution in [0.15, 0.2) is 0 Å². The van der Waals surface area contributed by atoms with E-state index in [0.29, 0.717) is 17.9 Å². The summed E-state index contributed by atoms with van der Waals surface area (Å²) in [4.78, 5) is 13.6. The van der Waals surface area contributed by atoms with Crippen molar-refractivity contribution in [3.63, 3.8) is 0 Å². The zero-order valence-corrected chi connectivity index (χ0v) is 8.84.